The molecule has 5 nitrogen and oxygen atoms in total. The molecule has 2 heterocycles. The third kappa shape index (κ3) is 5.42. The van der Waals surface area contributed by atoms with Crippen molar-refractivity contribution < 1.29 is 4.74 Å². The Labute approximate surface area is 146 Å². The van der Waals surface area contributed by atoms with Gasteiger partial charge in [-0.1, -0.05) is 26.5 Å². The number of nitrogens with zero attached hydrogens (tertiary/aromatic N) is 3. The van der Waals surface area contributed by atoms with Gasteiger partial charge in [0.25, 0.3) is 0 Å². The van der Waals surface area contributed by atoms with Crippen LogP contribution in [0.4, 0.5) is 0 Å². The third-order valence-electron chi connectivity index (χ3n) is 3.73. The van der Waals surface area contributed by atoms with Crippen molar-refractivity contribution in [2.45, 2.75) is 40.7 Å². The molecule has 1 N–H and O–H groups in total. The van der Waals surface area contributed by atoms with Crippen molar-refractivity contribution >= 4 is 5.84 Å². The van der Waals surface area contributed by atoms with E-state index in [9.17, 15) is 0 Å². The highest BCUT2D eigenvalue weighted by Gasteiger charge is 2.27. The Morgan fingerprint density at radius 3 is 2.75 bits per heavy atom. The Balaban J connectivity index is 0.00000139. The number of nitrogens with one attached hydrogen (secondary N) is 1. The van der Waals surface area contributed by atoms with Gasteiger partial charge in [-0.25, -0.2) is 9.98 Å². The van der Waals surface area contributed by atoms with E-state index in [1.54, 1.807) is 7.11 Å². The number of aromatic nitrogens is 1. The number of piperazine rings is 1. The first-order chi connectivity index (χ1) is 11.5. The summed E-state index contributed by atoms with van der Waals surface area (Å²) < 4.78 is 5.38. The van der Waals surface area contributed by atoms with E-state index in [1.165, 1.54) is 0 Å². The van der Waals surface area contributed by atoms with Crippen LogP contribution in [0.2, 0.25) is 0 Å². The van der Waals surface area contributed by atoms with Crippen LogP contribution in [0, 0.1) is 13.8 Å². The zero-order valence-corrected chi connectivity index (χ0v) is 16.0. The zero-order valence-electron chi connectivity index (χ0n) is 16.0. The number of amidine groups is 1. The second kappa shape index (κ2) is 10.2. The molecule has 1 aliphatic rings. The van der Waals surface area contributed by atoms with E-state index in [1.807, 2.05) is 33.8 Å². The van der Waals surface area contributed by atoms with Crippen molar-refractivity contribution in [3.8, 4) is 0 Å². The monoisotopic (exact) mass is 332 g/mol. The third-order valence-corrected chi connectivity index (χ3v) is 3.73. The number of rotatable bonds is 4. The topological polar surface area (TPSA) is 49.8 Å². The summed E-state index contributed by atoms with van der Waals surface area (Å²) in [4.78, 5) is 11.7. The predicted octanol–water partition coefficient (Wildman–Crippen LogP) is 2.93. The molecule has 24 heavy (non-hydrogen) atoms. The lowest BCUT2D eigenvalue weighted by atomic mass is 10.1. The highest BCUT2D eigenvalue weighted by molar-refractivity contribution is 5.99. The molecule has 134 valence electrons. The first-order valence-electron chi connectivity index (χ1n) is 8.68. The highest BCUT2D eigenvalue weighted by atomic mass is 16.5. The van der Waals surface area contributed by atoms with Crippen molar-refractivity contribution in [3.05, 3.63) is 41.4 Å². The largest absolute Gasteiger partial charge is 0.383 e. The van der Waals surface area contributed by atoms with Gasteiger partial charge in [-0.3, -0.25) is 0 Å². The second-order valence-corrected chi connectivity index (χ2v) is 5.80. The van der Waals surface area contributed by atoms with Crippen LogP contribution in [0.5, 0.6) is 0 Å². The summed E-state index contributed by atoms with van der Waals surface area (Å²) in [6, 6.07) is 4.37. The average molecular weight is 332 g/mol. The minimum Gasteiger partial charge on any atom is -0.383 e. The molecule has 1 aromatic rings. The Morgan fingerprint density at radius 1 is 1.42 bits per heavy atom. The molecule has 1 atom stereocenters. The van der Waals surface area contributed by atoms with Gasteiger partial charge in [0.15, 0.2) is 5.84 Å². The van der Waals surface area contributed by atoms with Crippen LogP contribution < -0.4 is 5.32 Å². The standard InChI is InChI=1S/C17H26N4O.C2H6/c1-12(2)19-17(16-13(3)6-7-14(4)20-16)21-9-8-18-10-15(21)11-22-5;1-2/h6-7,15,18H,1,8-11H2,2-5H3;1-2H3. The van der Waals surface area contributed by atoms with Crippen LogP contribution in [0.3, 0.4) is 0 Å². The van der Waals surface area contributed by atoms with Gasteiger partial charge in [0.1, 0.15) is 5.69 Å². The molecule has 1 aromatic heterocycles. The summed E-state index contributed by atoms with van der Waals surface area (Å²) in [5, 5.41) is 3.42. The molecule has 0 aromatic carbocycles. The predicted molar refractivity (Wildman–Crippen MR) is 102 cm³/mol. The molecule has 0 saturated carbocycles. The molecule has 0 radical (unpaired) electrons. The number of pyridine rings is 1. The van der Waals surface area contributed by atoms with Crippen molar-refractivity contribution in [1.29, 1.82) is 0 Å². The van der Waals surface area contributed by atoms with Crippen LogP contribution >= 0.6 is 0 Å². The lowest BCUT2D eigenvalue weighted by Crippen LogP contribution is -2.55. The van der Waals surface area contributed by atoms with E-state index in [0.29, 0.717) is 6.61 Å². The number of hydrogen-bond donors (Lipinski definition) is 1. The SMILES string of the molecule is C=C(C)N=C(c1nc(C)ccc1C)N1CCNCC1COC.CC. The molecule has 0 aliphatic carbocycles. The minimum atomic E-state index is 0.249. The van der Waals surface area contributed by atoms with Gasteiger partial charge >= 0.3 is 0 Å². The summed E-state index contributed by atoms with van der Waals surface area (Å²) >= 11 is 0. The van der Waals surface area contributed by atoms with Crippen molar-refractivity contribution in [3.63, 3.8) is 0 Å². The molecule has 2 rings (SSSR count). The fourth-order valence-electron chi connectivity index (χ4n) is 2.67. The molecule has 1 unspecified atom stereocenters. The number of allylic oxidation sites excluding steroid dienone is 1. The normalized spacial score (nSPS) is 18.0. The molecule has 0 bridgehead atoms. The van der Waals surface area contributed by atoms with E-state index >= 15 is 0 Å². The lowest BCUT2D eigenvalue weighted by molar-refractivity contribution is 0.114. The summed E-state index contributed by atoms with van der Waals surface area (Å²) in [5.74, 6) is 0.900. The van der Waals surface area contributed by atoms with E-state index < -0.39 is 0 Å². The molecule has 0 spiro atoms. The number of aryl methyl sites for hydroxylation is 2. The van der Waals surface area contributed by atoms with Gasteiger partial charge < -0.3 is 15.0 Å². The van der Waals surface area contributed by atoms with Gasteiger partial charge in [-0.2, -0.15) is 0 Å². The summed E-state index contributed by atoms with van der Waals surface area (Å²) in [5.41, 5.74) is 3.84. The van der Waals surface area contributed by atoms with Gasteiger partial charge in [-0.05, 0) is 32.4 Å². The fourth-order valence-corrected chi connectivity index (χ4v) is 2.67. The summed E-state index contributed by atoms with van der Waals surface area (Å²) in [6.45, 7) is 17.3. The van der Waals surface area contributed by atoms with E-state index in [0.717, 1.165) is 48.1 Å². The Morgan fingerprint density at radius 2 is 2.12 bits per heavy atom. The van der Waals surface area contributed by atoms with E-state index in [2.05, 4.69) is 29.8 Å². The minimum absolute atomic E-state index is 0.249. The van der Waals surface area contributed by atoms with Gasteiger partial charge in [0.2, 0.25) is 0 Å². The first kappa shape index (κ1) is 20.3. The second-order valence-electron chi connectivity index (χ2n) is 5.80. The zero-order chi connectivity index (χ0) is 18.1. The Hall–Kier alpha value is -1.72. The van der Waals surface area contributed by atoms with E-state index in [-0.39, 0.29) is 6.04 Å². The maximum atomic E-state index is 5.38. The van der Waals surface area contributed by atoms with Crippen LogP contribution in [0.25, 0.3) is 0 Å². The maximum Gasteiger partial charge on any atom is 0.155 e. The number of methoxy groups -OCH3 is 1. The fraction of sp³-hybridized carbons (Fsp3) is 0.579. The average Bonchev–Trinajstić information content (AvgIpc) is 2.58. The molecular formula is C19H32N4O. The highest BCUT2D eigenvalue weighted by Crippen LogP contribution is 2.16. The van der Waals surface area contributed by atoms with E-state index in [4.69, 9.17) is 14.7 Å². The lowest BCUT2D eigenvalue weighted by Gasteiger charge is -2.38. The molecule has 5 heteroatoms. The molecular weight excluding hydrogens is 300 g/mol. The molecule has 1 saturated heterocycles. The van der Waals surface area contributed by atoms with Crippen LogP contribution in [0.15, 0.2) is 29.4 Å². The number of aliphatic imine (C=N–C) groups is 1. The summed E-state index contributed by atoms with van der Waals surface area (Å²) in [7, 11) is 1.73. The number of ether oxygens (including phenoxy) is 1. The van der Waals surface area contributed by atoms with Gasteiger partial charge in [0, 0.05) is 38.1 Å². The molecule has 0 amide bonds. The van der Waals surface area contributed by atoms with Crippen LogP contribution in [0.1, 0.15) is 37.7 Å². The first-order valence-corrected chi connectivity index (χ1v) is 8.68. The summed E-state index contributed by atoms with van der Waals surface area (Å²) in [6.07, 6.45) is 0. The Bertz CT molecular complexity index is 566. The van der Waals surface area contributed by atoms with Crippen LogP contribution in [-0.4, -0.2) is 55.1 Å². The molecule has 1 fully saturated rings. The number of hydrogen-bond acceptors (Lipinski definition) is 4. The Kier molecular flexibility index (Phi) is 8.65. The maximum absolute atomic E-state index is 5.38. The molecule has 1 aliphatic heterocycles. The smallest absolute Gasteiger partial charge is 0.155 e. The van der Waals surface area contributed by atoms with Gasteiger partial charge in [-0.15, -0.1) is 0 Å². The van der Waals surface area contributed by atoms with Crippen molar-refractivity contribution in [2.75, 3.05) is 33.4 Å². The van der Waals surface area contributed by atoms with Crippen LogP contribution in [-0.2, 0) is 4.74 Å². The van der Waals surface area contributed by atoms with Gasteiger partial charge in [0.05, 0.1) is 12.6 Å². The quantitative estimate of drug-likeness (QED) is 0.680. The van der Waals surface area contributed by atoms with Crippen molar-refractivity contribution in [2.24, 2.45) is 4.99 Å². The van der Waals surface area contributed by atoms with Crippen molar-refractivity contribution in [1.82, 2.24) is 15.2 Å².